The van der Waals surface area contributed by atoms with Gasteiger partial charge in [0.15, 0.2) is 17.6 Å². The number of benzene rings is 1. The van der Waals surface area contributed by atoms with Crippen molar-refractivity contribution in [2.45, 2.75) is 38.5 Å². The van der Waals surface area contributed by atoms with Crippen LogP contribution in [0.15, 0.2) is 34.9 Å². The molecule has 4 N–H and O–H groups in total. The lowest BCUT2D eigenvalue weighted by Crippen LogP contribution is -2.49. The van der Waals surface area contributed by atoms with Crippen LogP contribution in [-0.2, 0) is 0 Å². The summed E-state index contributed by atoms with van der Waals surface area (Å²) in [6.07, 6.45) is 3.34. The number of aromatic nitrogens is 2. The Hall–Kier alpha value is -3.00. The molecule has 1 saturated carbocycles. The molecular weight excluding hydrogens is 358 g/mol. The summed E-state index contributed by atoms with van der Waals surface area (Å²) < 4.78 is 11.4. The molecule has 2 aliphatic rings. The van der Waals surface area contributed by atoms with E-state index in [-0.39, 0.29) is 0 Å². The maximum absolute atomic E-state index is 10.2. The normalized spacial score (nSPS) is 20.2. The first-order valence-electron chi connectivity index (χ1n) is 9.52. The standard InChI is InChI=1S/C20H23N5O3/c1-20(2)18(26)23-14-9-12(5-6-15(14)28-20)22-19-24-13-7-8-27-16(13)17(25-19)21-10-11-3-4-11/h5-9,11,18,23,26H,3-4,10H2,1-2H3,(H2,21,22,24,25). The highest BCUT2D eigenvalue weighted by atomic mass is 16.5. The monoisotopic (exact) mass is 381 g/mol. The Balaban J connectivity index is 1.41. The molecule has 1 unspecified atom stereocenters. The molecule has 1 aromatic carbocycles. The van der Waals surface area contributed by atoms with E-state index in [9.17, 15) is 5.11 Å². The van der Waals surface area contributed by atoms with Crippen LogP contribution < -0.4 is 20.7 Å². The molecule has 8 heteroatoms. The summed E-state index contributed by atoms with van der Waals surface area (Å²) in [5.41, 5.74) is 2.22. The second kappa shape index (κ2) is 6.27. The molecule has 0 bridgehead atoms. The minimum absolute atomic E-state index is 0.477. The molecule has 0 radical (unpaired) electrons. The van der Waals surface area contributed by atoms with E-state index in [0.717, 1.165) is 23.7 Å². The van der Waals surface area contributed by atoms with Crippen LogP contribution in [0.1, 0.15) is 26.7 Å². The molecule has 5 rings (SSSR count). The largest absolute Gasteiger partial charge is 0.481 e. The Labute approximate surface area is 162 Å². The van der Waals surface area contributed by atoms with E-state index >= 15 is 0 Å². The number of fused-ring (bicyclic) bond motifs is 2. The summed E-state index contributed by atoms with van der Waals surface area (Å²) in [4.78, 5) is 9.12. The van der Waals surface area contributed by atoms with E-state index in [2.05, 4.69) is 25.9 Å². The Morgan fingerprint density at radius 3 is 2.93 bits per heavy atom. The summed E-state index contributed by atoms with van der Waals surface area (Å²) in [6, 6.07) is 7.45. The first kappa shape index (κ1) is 17.1. The van der Waals surface area contributed by atoms with Gasteiger partial charge in [-0.3, -0.25) is 0 Å². The van der Waals surface area contributed by atoms with Crippen molar-refractivity contribution in [1.29, 1.82) is 0 Å². The summed E-state index contributed by atoms with van der Waals surface area (Å²) in [5.74, 6) is 2.59. The van der Waals surface area contributed by atoms with Crippen LogP contribution in [0, 0.1) is 5.92 Å². The van der Waals surface area contributed by atoms with Gasteiger partial charge in [-0.05, 0) is 50.8 Å². The minimum Gasteiger partial charge on any atom is -0.481 e. The van der Waals surface area contributed by atoms with Crippen molar-refractivity contribution in [2.24, 2.45) is 5.92 Å². The number of ether oxygens (including phenoxy) is 1. The van der Waals surface area contributed by atoms with Gasteiger partial charge in [0.2, 0.25) is 5.95 Å². The number of hydrogen-bond acceptors (Lipinski definition) is 8. The number of nitrogens with zero attached hydrogens (tertiary/aromatic N) is 2. The van der Waals surface area contributed by atoms with Crippen molar-refractivity contribution in [2.75, 3.05) is 22.5 Å². The SMILES string of the molecule is CC1(C)Oc2ccc(Nc3nc(NCC4CC4)c4occc4n3)cc2NC1O. The molecule has 1 aliphatic heterocycles. The number of nitrogens with one attached hydrogen (secondary N) is 3. The van der Waals surface area contributed by atoms with Crippen LogP contribution in [0.4, 0.5) is 23.1 Å². The quantitative estimate of drug-likeness (QED) is 0.530. The molecule has 3 aromatic rings. The Bertz CT molecular complexity index is 1030. The lowest BCUT2D eigenvalue weighted by Gasteiger charge is -2.38. The molecule has 1 atom stereocenters. The summed E-state index contributed by atoms with van der Waals surface area (Å²) in [7, 11) is 0. The smallest absolute Gasteiger partial charge is 0.229 e. The summed E-state index contributed by atoms with van der Waals surface area (Å²) >= 11 is 0. The fourth-order valence-electron chi connectivity index (χ4n) is 3.20. The average Bonchev–Trinajstić information content (AvgIpc) is 3.36. The van der Waals surface area contributed by atoms with Crippen LogP contribution in [0.3, 0.4) is 0 Å². The average molecular weight is 381 g/mol. The fraction of sp³-hybridized carbons (Fsp3) is 0.400. The van der Waals surface area contributed by atoms with E-state index in [1.165, 1.54) is 12.8 Å². The van der Waals surface area contributed by atoms with Gasteiger partial charge in [0.1, 0.15) is 16.9 Å². The van der Waals surface area contributed by atoms with Gasteiger partial charge in [0.05, 0.1) is 12.0 Å². The fourth-order valence-corrected chi connectivity index (χ4v) is 3.20. The number of aliphatic hydroxyl groups is 1. The van der Waals surface area contributed by atoms with Crippen molar-refractivity contribution in [3.05, 3.63) is 30.5 Å². The van der Waals surface area contributed by atoms with Crippen molar-refractivity contribution in [1.82, 2.24) is 9.97 Å². The van der Waals surface area contributed by atoms with Gasteiger partial charge in [-0.1, -0.05) is 0 Å². The van der Waals surface area contributed by atoms with Crippen LogP contribution in [0.2, 0.25) is 0 Å². The molecule has 3 heterocycles. The highest BCUT2D eigenvalue weighted by molar-refractivity contribution is 5.85. The van der Waals surface area contributed by atoms with E-state index in [1.54, 1.807) is 6.26 Å². The van der Waals surface area contributed by atoms with Gasteiger partial charge in [-0.2, -0.15) is 4.98 Å². The molecule has 0 amide bonds. The Kier molecular flexibility index (Phi) is 3.83. The van der Waals surface area contributed by atoms with Crippen molar-refractivity contribution in [3.8, 4) is 5.75 Å². The summed E-state index contributed by atoms with van der Waals surface area (Å²) in [6.45, 7) is 4.56. The second-order valence-electron chi connectivity index (χ2n) is 7.94. The molecule has 2 aromatic heterocycles. The maximum Gasteiger partial charge on any atom is 0.229 e. The van der Waals surface area contributed by atoms with Gasteiger partial charge >= 0.3 is 0 Å². The molecular formula is C20H23N5O3. The molecule has 8 nitrogen and oxygen atoms in total. The predicted octanol–water partition coefficient (Wildman–Crippen LogP) is 3.69. The maximum atomic E-state index is 10.2. The van der Waals surface area contributed by atoms with Crippen molar-refractivity contribution in [3.63, 3.8) is 0 Å². The highest BCUT2D eigenvalue weighted by Crippen LogP contribution is 2.37. The number of anilines is 4. The predicted molar refractivity (Wildman–Crippen MR) is 107 cm³/mol. The van der Waals surface area contributed by atoms with E-state index in [1.807, 2.05) is 38.1 Å². The molecule has 1 aliphatic carbocycles. The van der Waals surface area contributed by atoms with Gasteiger partial charge in [-0.25, -0.2) is 4.98 Å². The zero-order valence-electron chi connectivity index (χ0n) is 15.8. The molecule has 1 fully saturated rings. The van der Waals surface area contributed by atoms with Crippen LogP contribution >= 0.6 is 0 Å². The number of furan rings is 1. The molecule has 0 saturated heterocycles. The second-order valence-corrected chi connectivity index (χ2v) is 7.94. The third-order valence-electron chi connectivity index (χ3n) is 5.12. The topological polar surface area (TPSA) is 104 Å². The Morgan fingerprint density at radius 2 is 2.11 bits per heavy atom. The zero-order chi connectivity index (χ0) is 19.3. The Morgan fingerprint density at radius 1 is 1.25 bits per heavy atom. The number of rotatable bonds is 5. The first-order chi connectivity index (χ1) is 13.5. The van der Waals surface area contributed by atoms with Crippen LogP contribution in [-0.4, -0.2) is 33.4 Å². The van der Waals surface area contributed by atoms with Crippen molar-refractivity contribution < 1.29 is 14.3 Å². The van der Waals surface area contributed by atoms with Gasteiger partial charge in [-0.15, -0.1) is 0 Å². The lowest BCUT2D eigenvalue weighted by atomic mass is 10.0. The van der Waals surface area contributed by atoms with Gasteiger partial charge < -0.3 is 30.2 Å². The molecule has 146 valence electrons. The van der Waals surface area contributed by atoms with Crippen LogP contribution in [0.25, 0.3) is 11.1 Å². The third-order valence-corrected chi connectivity index (χ3v) is 5.12. The van der Waals surface area contributed by atoms with Gasteiger partial charge in [0, 0.05) is 18.3 Å². The first-order valence-corrected chi connectivity index (χ1v) is 9.52. The number of hydrogen-bond donors (Lipinski definition) is 4. The lowest BCUT2D eigenvalue weighted by molar-refractivity contribution is -0.0209. The van der Waals surface area contributed by atoms with E-state index < -0.39 is 11.8 Å². The molecule has 28 heavy (non-hydrogen) atoms. The van der Waals surface area contributed by atoms with Crippen LogP contribution in [0.5, 0.6) is 5.75 Å². The molecule has 0 spiro atoms. The van der Waals surface area contributed by atoms with Crippen molar-refractivity contribution >= 4 is 34.2 Å². The highest BCUT2D eigenvalue weighted by Gasteiger charge is 2.35. The summed E-state index contributed by atoms with van der Waals surface area (Å²) in [5, 5.41) is 19.9. The van der Waals surface area contributed by atoms with E-state index in [4.69, 9.17) is 9.15 Å². The minimum atomic E-state index is -0.799. The third kappa shape index (κ3) is 3.20. The van der Waals surface area contributed by atoms with E-state index in [0.29, 0.717) is 28.8 Å². The number of aliphatic hydroxyl groups excluding tert-OH is 1. The zero-order valence-corrected chi connectivity index (χ0v) is 15.8. The van der Waals surface area contributed by atoms with Gasteiger partial charge in [0.25, 0.3) is 0 Å².